The summed E-state index contributed by atoms with van der Waals surface area (Å²) in [6.45, 7) is 3.96. The van der Waals surface area contributed by atoms with Gasteiger partial charge in [-0.2, -0.15) is 0 Å². The fourth-order valence-electron chi connectivity index (χ4n) is 2.10. The van der Waals surface area contributed by atoms with Gasteiger partial charge in [-0.1, -0.05) is 30.3 Å². The van der Waals surface area contributed by atoms with Gasteiger partial charge < -0.3 is 15.6 Å². The minimum absolute atomic E-state index is 0.0507. The molecule has 0 bridgehead atoms. The molecule has 0 aliphatic heterocycles. The first-order chi connectivity index (χ1) is 9.56. The summed E-state index contributed by atoms with van der Waals surface area (Å²) in [5.41, 5.74) is 5.92. The number of hydrogen-bond acceptors (Lipinski definition) is 4. The van der Waals surface area contributed by atoms with E-state index in [1.54, 1.807) is 18.5 Å². The van der Waals surface area contributed by atoms with Gasteiger partial charge in [0.15, 0.2) is 0 Å². The molecule has 0 fully saturated rings. The molecule has 2 rings (SSSR count). The molecule has 1 atom stereocenters. The van der Waals surface area contributed by atoms with Crippen molar-refractivity contribution >= 4 is 0 Å². The van der Waals surface area contributed by atoms with Crippen molar-refractivity contribution < 1.29 is 9.84 Å². The van der Waals surface area contributed by atoms with Crippen molar-refractivity contribution in [2.45, 2.75) is 25.6 Å². The predicted octanol–water partition coefficient (Wildman–Crippen LogP) is 2.06. The zero-order valence-corrected chi connectivity index (χ0v) is 11.8. The van der Waals surface area contributed by atoms with Gasteiger partial charge in [0.05, 0.1) is 12.3 Å². The number of aliphatic hydroxyl groups is 1. The largest absolute Gasteiger partial charge is 0.489 e. The van der Waals surface area contributed by atoms with Crippen LogP contribution < -0.4 is 10.5 Å². The van der Waals surface area contributed by atoms with E-state index < -0.39 is 5.60 Å². The Balaban J connectivity index is 2.41. The van der Waals surface area contributed by atoms with E-state index in [1.165, 1.54) is 0 Å². The number of rotatable bonds is 5. The van der Waals surface area contributed by atoms with E-state index >= 15 is 0 Å². The van der Waals surface area contributed by atoms with Gasteiger partial charge in [0, 0.05) is 18.3 Å². The second-order valence-corrected chi connectivity index (χ2v) is 5.01. The predicted molar refractivity (Wildman–Crippen MR) is 78.5 cm³/mol. The first kappa shape index (κ1) is 14.5. The molecule has 3 N–H and O–H groups in total. The Morgan fingerprint density at radius 1 is 1.20 bits per heavy atom. The molecular weight excluding hydrogens is 252 g/mol. The maximum Gasteiger partial charge on any atom is 0.138 e. The van der Waals surface area contributed by atoms with Crippen LogP contribution in [0.1, 0.15) is 25.0 Å². The number of ether oxygens (including phenoxy) is 1. The highest BCUT2D eigenvalue weighted by atomic mass is 16.5. The first-order valence-corrected chi connectivity index (χ1v) is 6.66. The van der Waals surface area contributed by atoms with E-state index in [0.29, 0.717) is 11.3 Å². The van der Waals surface area contributed by atoms with Crippen molar-refractivity contribution in [3.63, 3.8) is 0 Å². The second kappa shape index (κ2) is 6.03. The van der Waals surface area contributed by atoms with E-state index in [0.717, 1.165) is 5.56 Å². The third-order valence-corrected chi connectivity index (χ3v) is 3.11. The topological polar surface area (TPSA) is 68.4 Å². The number of hydrogen-bond donors (Lipinski definition) is 2. The zero-order valence-electron chi connectivity index (χ0n) is 11.8. The number of nitrogens with two attached hydrogens (primary N) is 1. The van der Waals surface area contributed by atoms with Crippen LogP contribution in [0.2, 0.25) is 0 Å². The molecule has 20 heavy (non-hydrogen) atoms. The maximum absolute atomic E-state index is 10.9. The van der Waals surface area contributed by atoms with Crippen LogP contribution in [0.3, 0.4) is 0 Å². The van der Waals surface area contributed by atoms with Crippen LogP contribution in [0.15, 0.2) is 48.8 Å². The summed E-state index contributed by atoms with van der Waals surface area (Å²) in [5, 5.41) is 10.9. The van der Waals surface area contributed by atoms with Gasteiger partial charge in [-0.3, -0.25) is 4.98 Å². The van der Waals surface area contributed by atoms with Crippen LogP contribution in [0.4, 0.5) is 0 Å². The van der Waals surface area contributed by atoms with Crippen molar-refractivity contribution in [3.8, 4) is 5.75 Å². The molecule has 0 radical (unpaired) electrons. The Bertz CT molecular complexity index is 557. The number of benzene rings is 1. The van der Waals surface area contributed by atoms with Crippen LogP contribution in [0, 0.1) is 0 Å². The molecule has 2 aromatic rings. The van der Waals surface area contributed by atoms with Gasteiger partial charge in [0.1, 0.15) is 11.4 Å². The number of aromatic nitrogens is 1. The minimum Gasteiger partial charge on any atom is -0.489 e. The van der Waals surface area contributed by atoms with Crippen molar-refractivity contribution in [2.24, 2.45) is 5.73 Å². The van der Waals surface area contributed by atoms with Gasteiger partial charge in [-0.05, 0) is 25.5 Å². The van der Waals surface area contributed by atoms with Gasteiger partial charge in [0.2, 0.25) is 0 Å². The highest BCUT2D eigenvalue weighted by Gasteiger charge is 2.30. The highest BCUT2D eigenvalue weighted by molar-refractivity contribution is 5.38. The maximum atomic E-state index is 10.9. The fraction of sp³-hybridized carbons (Fsp3) is 0.312. The third-order valence-electron chi connectivity index (χ3n) is 3.11. The Morgan fingerprint density at radius 3 is 2.50 bits per heavy atom. The lowest BCUT2D eigenvalue weighted by Crippen LogP contribution is -2.36. The lowest BCUT2D eigenvalue weighted by atomic mass is 9.87. The average Bonchev–Trinajstić information content (AvgIpc) is 2.47. The van der Waals surface area contributed by atoms with Crippen LogP contribution >= 0.6 is 0 Å². The smallest absolute Gasteiger partial charge is 0.138 e. The second-order valence-electron chi connectivity index (χ2n) is 5.01. The van der Waals surface area contributed by atoms with Crippen LogP contribution in [0.5, 0.6) is 5.75 Å². The number of pyridine rings is 1. The van der Waals surface area contributed by atoms with Crippen molar-refractivity contribution in [1.29, 1.82) is 0 Å². The molecule has 0 saturated heterocycles. The summed E-state index contributed by atoms with van der Waals surface area (Å²) in [6, 6.07) is 11.1. The molecular formula is C16H20N2O2. The van der Waals surface area contributed by atoms with Crippen molar-refractivity contribution in [3.05, 3.63) is 59.9 Å². The SMILES string of the molecule is CC(C)Oc1cncc(C(O)(CN)c2ccccc2)c1. The van der Waals surface area contributed by atoms with Crippen LogP contribution in [-0.4, -0.2) is 22.7 Å². The van der Waals surface area contributed by atoms with Gasteiger partial charge in [-0.25, -0.2) is 0 Å². The molecule has 4 nitrogen and oxygen atoms in total. The minimum atomic E-state index is -1.26. The van der Waals surface area contributed by atoms with E-state index in [9.17, 15) is 5.11 Å². The van der Waals surface area contributed by atoms with Crippen molar-refractivity contribution in [2.75, 3.05) is 6.54 Å². The van der Waals surface area contributed by atoms with E-state index in [-0.39, 0.29) is 12.6 Å². The summed E-state index contributed by atoms with van der Waals surface area (Å²) in [5.74, 6) is 0.625. The van der Waals surface area contributed by atoms with E-state index in [2.05, 4.69) is 4.98 Å². The Morgan fingerprint density at radius 2 is 1.90 bits per heavy atom. The Labute approximate surface area is 119 Å². The molecule has 0 spiro atoms. The quantitative estimate of drug-likeness (QED) is 0.874. The molecule has 0 aliphatic rings. The molecule has 1 aromatic heterocycles. The molecule has 0 saturated carbocycles. The lowest BCUT2D eigenvalue weighted by Gasteiger charge is -2.27. The zero-order chi connectivity index (χ0) is 14.6. The summed E-state index contributed by atoms with van der Waals surface area (Å²) in [7, 11) is 0. The van der Waals surface area contributed by atoms with Gasteiger partial charge in [-0.15, -0.1) is 0 Å². The molecule has 0 amide bonds. The van der Waals surface area contributed by atoms with Crippen LogP contribution in [0.25, 0.3) is 0 Å². The number of nitrogens with zero attached hydrogens (tertiary/aromatic N) is 1. The molecule has 1 heterocycles. The Hall–Kier alpha value is -1.91. The molecule has 106 valence electrons. The highest BCUT2D eigenvalue weighted by Crippen LogP contribution is 2.30. The van der Waals surface area contributed by atoms with E-state index in [1.807, 2.05) is 44.2 Å². The lowest BCUT2D eigenvalue weighted by molar-refractivity contribution is 0.0892. The standard InChI is InChI=1S/C16H20N2O2/c1-12(2)20-15-8-14(9-18-10-15)16(19,11-17)13-6-4-3-5-7-13/h3-10,12,19H,11,17H2,1-2H3. The molecule has 1 unspecified atom stereocenters. The normalized spacial score (nSPS) is 14.1. The fourth-order valence-corrected chi connectivity index (χ4v) is 2.10. The Kier molecular flexibility index (Phi) is 4.37. The van der Waals surface area contributed by atoms with E-state index in [4.69, 9.17) is 10.5 Å². The van der Waals surface area contributed by atoms with Crippen LogP contribution in [-0.2, 0) is 5.60 Å². The molecule has 4 heteroatoms. The van der Waals surface area contributed by atoms with Gasteiger partial charge in [0.25, 0.3) is 0 Å². The summed E-state index contributed by atoms with van der Waals surface area (Å²) < 4.78 is 5.62. The summed E-state index contributed by atoms with van der Waals surface area (Å²) >= 11 is 0. The third kappa shape index (κ3) is 2.98. The molecule has 1 aromatic carbocycles. The van der Waals surface area contributed by atoms with Crippen molar-refractivity contribution in [1.82, 2.24) is 4.98 Å². The first-order valence-electron chi connectivity index (χ1n) is 6.66. The summed E-state index contributed by atoms with van der Waals surface area (Å²) in [6.07, 6.45) is 3.30. The van der Waals surface area contributed by atoms with Gasteiger partial charge >= 0.3 is 0 Å². The average molecular weight is 272 g/mol. The summed E-state index contributed by atoms with van der Waals surface area (Å²) in [4.78, 5) is 4.14. The monoisotopic (exact) mass is 272 g/mol. The molecule has 0 aliphatic carbocycles.